The van der Waals surface area contributed by atoms with Crippen LogP contribution in [-0.2, 0) is 4.79 Å². The maximum atomic E-state index is 13.1. The molecule has 3 rings (SSSR count). The van der Waals surface area contributed by atoms with E-state index in [2.05, 4.69) is 17.1 Å². The lowest BCUT2D eigenvalue weighted by molar-refractivity contribution is -0.123. The smallest absolute Gasteiger partial charge is 0.227 e. The molecule has 1 aromatic rings. The van der Waals surface area contributed by atoms with E-state index >= 15 is 0 Å². The Morgan fingerprint density at radius 3 is 2.48 bits per heavy atom. The van der Waals surface area contributed by atoms with Crippen LogP contribution in [0.5, 0.6) is 0 Å². The van der Waals surface area contributed by atoms with Crippen molar-refractivity contribution in [1.29, 1.82) is 0 Å². The molecule has 2 atom stereocenters. The molecule has 0 aromatic heterocycles. The van der Waals surface area contributed by atoms with Gasteiger partial charge >= 0.3 is 0 Å². The molecule has 126 valence electrons. The fourth-order valence-corrected chi connectivity index (χ4v) is 3.58. The third-order valence-electron chi connectivity index (χ3n) is 5.19. The number of likely N-dealkylation sites (tertiary alicyclic amines) is 1. The highest BCUT2D eigenvalue weighted by Crippen LogP contribution is 2.42. The molecule has 23 heavy (non-hydrogen) atoms. The van der Waals surface area contributed by atoms with Crippen molar-refractivity contribution in [2.75, 3.05) is 19.6 Å². The maximum Gasteiger partial charge on any atom is 0.227 e. The van der Waals surface area contributed by atoms with Gasteiger partial charge in [0.05, 0.1) is 5.92 Å². The Hall–Kier alpha value is -1.42. The number of carbonyl (C=O) groups is 1. The molecule has 1 aromatic carbocycles. The number of nitrogens with one attached hydrogen (secondary N) is 1. The van der Waals surface area contributed by atoms with Gasteiger partial charge in [0, 0.05) is 12.6 Å². The normalized spacial score (nSPS) is 21.7. The van der Waals surface area contributed by atoms with E-state index in [1.165, 1.54) is 31.4 Å². The summed E-state index contributed by atoms with van der Waals surface area (Å²) in [6, 6.07) is 6.80. The monoisotopic (exact) mass is 318 g/mol. The SMILES string of the molecule is CC(CNC(=O)C(c1ccc(F)cc1)C1CC1)N1CCCCC1. The molecule has 1 saturated carbocycles. The van der Waals surface area contributed by atoms with E-state index < -0.39 is 0 Å². The van der Waals surface area contributed by atoms with E-state index in [4.69, 9.17) is 0 Å². The number of halogens is 1. The Morgan fingerprint density at radius 2 is 1.87 bits per heavy atom. The molecule has 2 aliphatic rings. The third-order valence-corrected chi connectivity index (χ3v) is 5.19. The molecule has 3 nitrogen and oxygen atoms in total. The van der Waals surface area contributed by atoms with Crippen LogP contribution in [0.2, 0.25) is 0 Å². The van der Waals surface area contributed by atoms with Crippen molar-refractivity contribution in [2.24, 2.45) is 5.92 Å². The molecule has 1 aliphatic carbocycles. The molecule has 1 heterocycles. The van der Waals surface area contributed by atoms with Gasteiger partial charge in [0.15, 0.2) is 0 Å². The molecule has 0 radical (unpaired) electrons. The Bertz CT molecular complexity index is 521. The van der Waals surface area contributed by atoms with E-state index in [0.717, 1.165) is 31.5 Å². The minimum atomic E-state index is -0.248. The van der Waals surface area contributed by atoms with Gasteiger partial charge < -0.3 is 5.32 Å². The second-order valence-electron chi connectivity index (χ2n) is 7.06. The summed E-state index contributed by atoms with van der Waals surface area (Å²) in [6.07, 6.45) is 6.04. The number of carbonyl (C=O) groups excluding carboxylic acids is 1. The number of piperidine rings is 1. The molecule has 1 amide bonds. The number of benzene rings is 1. The van der Waals surface area contributed by atoms with Crippen molar-refractivity contribution >= 4 is 5.91 Å². The fourth-order valence-electron chi connectivity index (χ4n) is 3.58. The molecule has 1 N–H and O–H groups in total. The van der Waals surface area contributed by atoms with E-state index in [-0.39, 0.29) is 17.6 Å². The third kappa shape index (κ3) is 4.31. The van der Waals surface area contributed by atoms with Crippen LogP contribution >= 0.6 is 0 Å². The molecule has 0 spiro atoms. The van der Waals surface area contributed by atoms with E-state index in [1.807, 2.05) is 0 Å². The molecule has 2 unspecified atom stereocenters. The van der Waals surface area contributed by atoms with E-state index in [9.17, 15) is 9.18 Å². The largest absolute Gasteiger partial charge is 0.354 e. The average molecular weight is 318 g/mol. The Kier molecular flexibility index (Phi) is 5.31. The Labute approximate surface area is 138 Å². The first kappa shape index (κ1) is 16.4. The molecule has 1 aliphatic heterocycles. The summed E-state index contributed by atoms with van der Waals surface area (Å²) < 4.78 is 13.1. The molecular formula is C19H27FN2O. The Balaban J connectivity index is 1.57. The predicted octanol–water partition coefficient (Wildman–Crippen LogP) is 3.31. The zero-order valence-corrected chi connectivity index (χ0v) is 13.9. The predicted molar refractivity (Wildman–Crippen MR) is 89.8 cm³/mol. The van der Waals surface area contributed by atoms with Gasteiger partial charge in [0.1, 0.15) is 5.82 Å². The lowest BCUT2D eigenvalue weighted by Gasteiger charge is -2.32. The van der Waals surface area contributed by atoms with Gasteiger partial charge in [-0.25, -0.2) is 4.39 Å². The number of nitrogens with zero attached hydrogens (tertiary/aromatic N) is 1. The van der Waals surface area contributed by atoms with Gasteiger partial charge in [-0.3, -0.25) is 9.69 Å². The first-order valence-corrected chi connectivity index (χ1v) is 8.92. The Morgan fingerprint density at radius 1 is 1.22 bits per heavy atom. The van der Waals surface area contributed by atoms with E-state index in [1.54, 1.807) is 12.1 Å². The minimum absolute atomic E-state index is 0.1000. The van der Waals surface area contributed by atoms with Crippen molar-refractivity contribution in [3.63, 3.8) is 0 Å². The second-order valence-corrected chi connectivity index (χ2v) is 7.06. The first-order valence-electron chi connectivity index (χ1n) is 8.92. The van der Waals surface area contributed by atoms with E-state index in [0.29, 0.717) is 18.5 Å². The zero-order valence-electron chi connectivity index (χ0n) is 13.9. The topological polar surface area (TPSA) is 32.3 Å². The van der Waals surface area contributed by atoms with Crippen LogP contribution in [0, 0.1) is 11.7 Å². The van der Waals surface area contributed by atoms with Crippen LogP contribution < -0.4 is 5.32 Å². The van der Waals surface area contributed by atoms with Crippen LogP contribution in [0.3, 0.4) is 0 Å². The van der Waals surface area contributed by atoms with Crippen LogP contribution in [0.1, 0.15) is 50.5 Å². The van der Waals surface area contributed by atoms with Crippen molar-refractivity contribution in [2.45, 2.75) is 51.0 Å². The highest BCUT2D eigenvalue weighted by Gasteiger charge is 2.37. The maximum absolute atomic E-state index is 13.1. The molecule has 2 fully saturated rings. The highest BCUT2D eigenvalue weighted by atomic mass is 19.1. The minimum Gasteiger partial charge on any atom is -0.354 e. The summed E-state index contributed by atoms with van der Waals surface area (Å²) in [6.45, 7) is 5.17. The van der Waals surface area contributed by atoms with Crippen LogP contribution in [0.15, 0.2) is 24.3 Å². The lowest BCUT2D eigenvalue weighted by atomic mass is 9.93. The van der Waals surface area contributed by atoms with Gasteiger partial charge in [0.25, 0.3) is 0 Å². The quantitative estimate of drug-likeness (QED) is 0.873. The second kappa shape index (κ2) is 7.43. The summed E-state index contributed by atoms with van der Waals surface area (Å²) in [7, 11) is 0. The summed E-state index contributed by atoms with van der Waals surface area (Å²) in [5, 5.41) is 3.14. The number of amides is 1. The van der Waals surface area contributed by atoms with Crippen LogP contribution in [0.25, 0.3) is 0 Å². The van der Waals surface area contributed by atoms with Crippen molar-refractivity contribution in [1.82, 2.24) is 10.2 Å². The van der Waals surface area contributed by atoms with Gasteiger partial charge in [-0.1, -0.05) is 18.6 Å². The number of hydrogen-bond acceptors (Lipinski definition) is 2. The summed E-state index contributed by atoms with van der Waals surface area (Å²) in [5.74, 6) is 0.153. The summed E-state index contributed by atoms with van der Waals surface area (Å²) in [5.41, 5.74) is 0.942. The first-order chi connectivity index (χ1) is 11.1. The van der Waals surface area contributed by atoms with Crippen LogP contribution in [-0.4, -0.2) is 36.5 Å². The highest BCUT2D eigenvalue weighted by molar-refractivity contribution is 5.84. The molecule has 4 heteroatoms. The molecular weight excluding hydrogens is 291 g/mol. The van der Waals surface area contributed by atoms with Crippen molar-refractivity contribution in [3.05, 3.63) is 35.6 Å². The van der Waals surface area contributed by atoms with Crippen LogP contribution in [0.4, 0.5) is 4.39 Å². The summed E-state index contributed by atoms with van der Waals surface area (Å²) in [4.78, 5) is 15.1. The number of hydrogen-bond donors (Lipinski definition) is 1. The summed E-state index contributed by atoms with van der Waals surface area (Å²) >= 11 is 0. The van der Waals surface area contributed by atoms with Gasteiger partial charge in [-0.2, -0.15) is 0 Å². The fraction of sp³-hybridized carbons (Fsp3) is 0.632. The zero-order chi connectivity index (χ0) is 16.2. The lowest BCUT2D eigenvalue weighted by Crippen LogP contribution is -2.45. The number of rotatable bonds is 6. The van der Waals surface area contributed by atoms with Crippen molar-refractivity contribution < 1.29 is 9.18 Å². The van der Waals surface area contributed by atoms with Gasteiger partial charge in [-0.05, 0) is 69.3 Å². The molecule has 0 bridgehead atoms. The standard InChI is InChI=1S/C19H27FN2O/c1-14(22-11-3-2-4-12-22)13-21-19(23)18(15-5-6-15)16-7-9-17(20)10-8-16/h7-10,14-15,18H,2-6,11-13H2,1H3,(H,21,23). The van der Waals surface area contributed by atoms with Gasteiger partial charge in [0.2, 0.25) is 5.91 Å². The van der Waals surface area contributed by atoms with Gasteiger partial charge in [-0.15, -0.1) is 0 Å². The van der Waals surface area contributed by atoms with Crippen molar-refractivity contribution in [3.8, 4) is 0 Å². The average Bonchev–Trinajstić information content (AvgIpc) is 3.40. The molecule has 1 saturated heterocycles.